The molecule has 0 saturated carbocycles. The van der Waals surface area contributed by atoms with Crippen molar-refractivity contribution in [1.29, 1.82) is 0 Å². The molecule has 1 heterocycles. The van der Waals surface area contributed by atoms with Gasteiger partial charge >= 0.3 is 0 Å². The molecule has 0 N–H and O–H groups in total. The number of aldehydes is 1. The summed E-state index contributed by atoms with van der Waals surface area (Å²) in [5.41, 5.74) is -0.0483. The fourth-order valence-corrected chi connectivity index (χ4v) is 2.17. The molecule has 1 aromatic carbocycles. The van der Waals surface area contributed by atoms with Crippen LogP contribution in [0.3, 0.4) is 0 Å². The molecule has 0 spiro atoms. The van der Waals surface area contributed by atoms with Crippen molar-refractivity contribution in [2.75, 3.05) is 18.6 Å². The number of benzene rings is 1. The van der Waals surface area contributed by atoms with Gasteiger partial charge in [-0.2, -0.15) is 0 Å². The number of nitrogens with zero attached hydrogens (tertiary/aromatic N) is 1. The molecule has 106 valence electrons. The van der Waals surface area contributed by atoms with Crippen LogP contribution in [0.15, 0.2) is 24.8 Å². The molecule has 0 aromatic heterocycles. The van der Waals surface area contributed by atoms with Crippen molar-refractivity contribution < 1.29 is 19.1 Å². The van der Waals surface area contributed by atoms with Crippen molar-refractivity contribution in [2.24, 2.45) is 0 Å². The third-order valence-electron chi connectivity index (χ3n) is 3.13. The van der Waals surface area contributed by atoms with E-state index in [9.17, 15) is 9.59 Å². The Morgan fingerprint density at radius 3 is 2.70 bits per heavy atom. The molecule has 0 bridgehead atoms. The van der Waals surface area contributed by atoms with Gasteiger partial charge in [0.25, 0.3) is 5.91 Å². The van der Waals surface area contributed by atoms with E-state index in [2.05, 4.69) is 6.58 Å². The number of rotatable bonds is 4. The van der Waals surface area contributed by atoms with Crippen LogP contribution in [-0.4, -0.2) is 31.4 Å². The summed E-state index contributed by atoms with van der Waals surface area (Å²) in [4.78, 5) is 25.0. The van der Waals surface area contributed by atoms with Crippen molar-refractivity contribution in [1.82, 2.24) is 0 Å². The lowest BCUT2D eigenvalue weighted by Crippen LogP contribution is -2.52. The molecule has 0 unspecified atom stereocenters. The summed E-state index contributed by atoms with van der Waals surface area (Å²) in [5.74, 6) is 0.707. The topological polar surface area (TPSA) is 55.8 Å². The zero-order valence-corrected chi connectivity index (χ0v) is 11.8. The number of ether oxygens (including phenoxy) is 2. The summed E-state index contributed by atoms with van der Waals surface area (Å²) in [6.07, 6.45) is 2.34. The summed E-state index contributed by atoms with van der Waals surface area (Å²) in [6.45, 7) is 7.39. The van der Waals surface area contributed by atoms with Gasteiger partial charge in [0.15, 0.2) is 17.1 Å². The zero-order chi connectivity index (χ0) is 14.9. The minimum Gasteiger partial charge on any atom is -0.493 e. The highest BCUT2D eigenvalue weighted by Gasteiger charge is 2.42. The number of methoxy groups -OCH3 is 1. The largest absolute Gasteiger partial charge is 0.493 e. The molecule has 1 aliphatic rings. The highest BCUT2D eigenvalue weighted by Crippen LogP contribution is 2.44. The predicted octanol–water partition coefficient (Wildman–Crippen LogP) is 2.20. The van der Waals surface area contributed by atoms with Gasteiger partial charge in [-0.3, -0.25) is 9.59 Å². The van der Waals surface area contributed by atoms with Crippen molar-refractivity contribution in [3.63, 3.8) is 0 Å². The first-order valence-electron chi connectivity index (χ1n) is 6.23. The van der Waals surface area contributed by atoms with Crippen LogP contribution in [0.1, 0.15) is 24.2 Å². The molecule has 1 amide bonds. The SMILES string of the molecule is C=CCN1C(=O)C(C)(C)Oc2c(OC)cc(C=O)cc21. The molecule has 5 nitrogen and oxygen atoms in total. The zero-order valence-electron chi connectivity index (χ0n) is 11.8. The van der Waals surface area contributed by atoms with E-state index >= 15 is 0 Å². The minimum absolute atomic E-state index is 0.185. The van der Waals surface area contributed by atoms with Gasteiger partial charge in [-0.25, -0.2) is 0 Å². The highest BCUT2D eigenvalue weighted by molar-refractivity contribution is 6.04. The van der Waals surface area contributed by atoms with Gasteiger partial charge in [0.05, 0.1) is 12.8 Å². The monoisotopic (exact) mass is 275 g/mol. The number of amides is 1. The van der Waals surface area contributed by atoms with Crippen LogP contribution in [0.5, 0.6) is 11.5 Å². The van der Waals surface area contributed by atoms with Gasteiger partial charge in [0, 0.05) is 12.1 Å². The van der Waals surface area contributed by atoms with Crippen LogP contribution < -0.4 is 14.4 Å². The number of carbonyl (C=O) groups excluding carboxylic acids is 2. The van der Waals surface area contributed by atoms with E-state index in [4.69, 9.17) is 9.47 Å². The second kappa shape index (κ2) is 5.00. The van der Waals surface area contributed by atoms with Crippen LogP contribution in [0, 0.1) is 0 Å². The van der Waals surface area contributed by atoms with Gasteiger partial charge in [-0.1, -0.05) is 6.08 Å². The fraction of sp³-hybridized carbons (Fsp3) is 0.333. The van der Waals surface area contributed by atoms with Crippen molar-refractivity contribution >= 4 is 17.9 Å². The van der Waals surface area contributed by atoms with Crippen LogP contribution >= 0.6 is 0 Å². The van der Waals surface area contributed by atoms with Crippen LogP contribution in [0.25, 0.3) is 0 Å². The Bertz CT molecular complexity index is 577. The normalized spacial score (nSPS) is 16.1. The van der Waals surface area contributed by atoms with E-state index in [0.29, 0.717) is 35.6 Å². The lowest BCUT2D eigenvalue weighted by Gasteiger charge is -2.39. The van der Waals surface area contributed by atoms with Crippen LogP contribution in [-0.2, 0) is 4.79 Å². The molecule has 1 aliphatic heterocycles. The second-order valence-corrected chi connectivity index (χ2v) is 5.01. The lowest BCUT2D eigenvalue weighted by molar-refractivity contribution is -0.132. The number of anilines is 1. The molecule has 2 rings (SSSR count). The second-order valence-electron chi connectivity index (χ2n) is 5.01. The molecule has 1 aromatic rings. The van der Waals surface area contributed by atoms with Crippen LogP contribution in [0.4, 0.5) is 5.69 Å². The quantitative estimate of drug-likeness (QED) is 0.624. The number of carbonyl (C=O) groups is 2. The summed E-state index contributed by atoms with van der Waals surface area (Å²) in [6, 6.07) is 3.20. The van der Waals surface area contributed by atoms with Crippen molar-refractivity contribution in [3.8, 4) is 11.5 Å². The maximum absolute atomic E-state index is 12.4. The van der Waals surface area contributed by atoms with E-state index < -0.39 is 5.60 Å². The van der Waals surface area contributed by atoms with Gasteiger partial charge in [-0.05, 0) is 26.0 Å². The van der Waals surface area contributed by atoms with Gasteiger partial charge in [0.2, 0.25) is 0 Å². The van der Waals surface area contributed by atoms with E-state index in [-0.39, 0.29) is 5.91 Å². The van der Waals surface area contributed by atoms with Gasteiger partial charge in [-0.15, -0.1) is 6.58 Å². The van der Waals surface area contributed by atoms with E-state index in [1.807, 2.05) is 0 Å². The van der Waals surface area contributed by atoms with Gasteiger partial charge in [0.1, 0.15) is 6.29 Å². The Morgan fingerprint density at radius 1 is 1.45 bits per heavy atom. The minimum atomic E-state index is -0.994. The first-order valence-corrected chi connectivity index (χ1v) is 6.23. The summed E-state index contributed by atoms with van der Waals surface area (Å²) in [7, 11) is 1.49. The number of fused-ring (bicyclic) bond motifs is 1. The molecular weight excluding hydrogens is 258 g/mol. The first-order chi connectivity index (χ1) is 9.44. The van der Waals surface area contributed by atoms with E-state index in [1.165, 1.54) is 7.11 Å². The Hall–Kier alpha value is -2.30. The third kappa shape index (κ3) is 2.15. The third-order valence-corrected chi connectivity index (χ3v) is 3.13. The average molecular weight is 275 g/mol. The molecule has 0 aliphatic carbocycles. The van der Waals surface area contributed by atoms with Crippen LogP contribution in [0.2, 0.25) is 0 Å². The molecule has 0 fully saturated rings. The molecule has 20 heavy (non-hydrogen) atoms. The molecule has 0 radical (unpaired) electrons. The molecule has 0 saturated heterocycles. The molecule has 0 atom stereocenters. The van der Waals surface area contributed by atoms with E-state index in [1.54, 1.807) is 37.0 Å². The van der Waals surface area contributed by atoms with Crippen molar-refractivity contribution in [2.45, 2.75) is 19.4 Å². The molecular formula is C15H17NO4. The molecule has 5 heteroatoms. The van der Waals surface area contributed by atoms with Crippen molar-refractivity contribution in [3.05, 3.63) is 30.4 Å². The summed E-state index contributed by atoms with van der Waals surface area (Å²) in [5, 5.41) is 0. The summed E-state index contributed by atoms with van der Waals surface area (Å²) >= 11 is 0. The fourth-order valence-electron chi connectivity index (χ4n) is 2.17. The highest BCUT2D eigenvalue weighted by atomic mass is 16.5. The van der Waals surface area contributed by atoms with Gasteiger partial charge < -0.3 is 14.4 Å². The lowest BCUT2D eigenvalue weighted by atomic mass is 10.0. The number of hydrogen-bond donors (Lipinski definition) is 0. The smallest absolute Gasteiger partial charge is 0.270 e. The Balaban J connectivity index is 2.67. The average Bonchev–Trinajstić information content (AvgIpc) is 2.43. The Morgan fingerprint density at radius 2 is 2.15 bits per heavy atom. The standard InChI is InChI=1S/C15H17NO4/c1-5-6-16-11-7-10(9-17)8-12(19-4)13(11)20-15(2,3)14(16)18/h5,7-9H,1,6H2,2-4H3. The Labute approximate surface area is 117 Å². The number of hydrogen-bond acceptors (Lipinski definition) is 4. The van der Waals surface area contributed by atoms with E-state index in [0.717, 1.165) is 0 Å². The maximum atomic E-state index is 12.4. The Kier molecular flexibility index (Phi) is 3.53. The summed E-state index contributed by atoms with van der Waals surface area (Å²) < 4.78 is 11.0. The maximum Gasteiger partial charge on any atom is 0.270 e. The predicted molar refractivity (Wildman–Crippen MR) is 75.6 cm³/mol. The first kappa shape index (κ1) is 14.1.